The molecule has 23 heavy (non-hydrogen) atoms. The Hall–Kier alpha value is -1.88. The van der Waals surface area contributed by atoms with E-state index in [0.717, 1.165) is 35.4 Å². The molecule has 4 nitrogen and oxygen atoms in total. The second-order valence-corrected chi connectivity index (χ2v) is 7.48. The normalized spacial score (nSPS) is 16.7. The van der Waals surface area contributed by atoms with Crippen molar-refractivity contribution in [2.24, 2.45) is 5.92 Å². The summed E-state index contributed by atoms with van der Waals surface area (Å²) < 4.78 is 5.59. The Morgan fingerprint density at radius 2 is 2.09 bits per heavy atom. The Bertz CT molecular complexity index is 704. The summed E-state index contributed by atoms with van der Waals surface area (Å²) in [4.78, 5) is 17.9. The largest absolute Gasteiger partial charge is 0.484 e. The van der Waals surface area contributed by atoms with Crippen LogP contribution in [0.4, 0.5) is 5.13 Å². The van der Waals surface area contributed by atoms with E-state index in [0.29, 0.717) is 11.0 Å². The molecular weight excluding hydrogens is 308 g/mol. The van der Waals surface area contributed by atoms with Gasteiger partial charge in [-0.2, -0.15) is 0 Å². The molecule has 1 heterocycles. The Balaban J connectivity index is 1.57. The maximum absolute atomic E-state index is 12.1. The Kier molecular flexibility index (Phi) is 4.66. The lowest BCUT2D eigenvalue weighted by molar-refractivity contribution is -0.118. The molecule has 0 aliphatic heterocycles. The van der Waals surface area contributed by atoms with Crippen LogP contribution in [0.5, 0.6) is 5.75 Å². The van der Waals surface area contributed by atoms with Gasteiger partial charge in [0.2, 0.25) is 0 Å². The summed E-state index contributed by atoms with van der Waals surface area (Å²) in [6.07, 6.45) is 3.27. The number of carbonyl (C=O) groups excluding carboxylic acids is 1. The lowest BCUT2D eigenvalue weighted by Gasteiger charge is -2.15. The molecule has 0 spiro atoms. The van der Waals surface area contributed by atoms with Crippen LogP contribution < -0.4 is 10.1 Å². The van der Waals surface area contributed by atoms with Crippen molar-refractivity contribution < 1.29 is 9.53 Å². The van der Waals surface area contributed by atoms with Crippen LogP contribution in [-0.2, 0) is 17.6 Å². The molecule has 0 radical (unpaired) electrons. The predicted molar refractivity (Wildman–Crippen MR) is 93.3 cm³/mol. The van der Waals surface area contributed by atoms with Crippen LogP contribution in [0.15, 0.2) is 18.2 Å². The van der Waals surface area contributed by atoms with Crippen molar-refractivity contribution in [3.05, 3.63) is 39.9 Å². The number of benzene rings is 1. The molecule has 2 aromatic rings. The van der Waals surface area contributed by atoms with E-state index in [2.05, 4.69) is 23.3 Å². The van der Waals surface area contributed by atoms with Crippen LogP contribution in [0.3, 0.4) is 0 Å². The number of hydrogen-bond acceptors (Lipinski definition) is 4. The summed E-state index contributed by atoms with van der Waals surface area (Å²) in [5.74, 6) is 1.27. The highest BCUT2D eigenvalue weighted by atomic mass is 32.1. The maximum Gasteiger partial charge on any atom is 0.264 e. The van der Waals surface area contributed by atoms with Crippen LogP contribution >= 0.6 is 11.3 Å². The number of carbonyl (C=O) groups is 1. The zero-order valence-electron chi connectivity index (χ0n) is 13.8. The molecule has 1 atom stereocenters. The topological polar surface area (TPSA) is 51.2 Å². The van der Waals surface area contributed by atoms with E-state index in [9.17, 15) is 4.79 Å². The van der Waals surface area contributed by atoms with Gasteiger partial charge in [-0.1, -0.05) is 13.0 Å². The number of thiazole rings is 1. The third kappa shape index (κ3) is 4.10. The fourth-order valence-electron chi connectivity index (χ4n) is 2.91. The molecule has 0 unspecified atom stereocenters. The average Bonchev–Trinajstić information content (AvgIpc) is 2.85. The fourth-order valence-corrected chi connectivity index (χ4v) is 4.10. The van der Waals surface area contributed by atoms with Crippen LogP contribution in [0, 0.1) is 19.8 Å². The number of ether oxygens (including phenoxy) is 1. The van der Waals surface area contributed by atoms with Gasteiger partial charge in [0.15, 0.2) is 11.7 Å². The Labute approximate surface area is 140 Å². The molecule has 1 aromatic carbocycles. The van der Waals surface area contributed by atoms with Crippen molar-refractivity contribution in [1.29, 1.82) is 0 Å². The first-order valence-corrected chi connectivity index (χ1v) is 8.81. The number of fused-ring (bicyclic) bond motifs is 1. The van der Waals surface area contributed by atoms with E-state index in [1.165, 1.54) is 11.3 Å². The molecular formula is C18H22N2O2S. The average molecular weight is 330 g/mol. The minimum atomic E-state index is -0.164. The molecule has 1 aliphatic carbocycles. The van der Waals surface area contributed by atoms with Gasteiger partial charge in [0.25, 0.3) is 5.91 Å². The standard InChI is InChI=1S/C18H22N2O2S/c1-11-4-5-15-16(9-11)23-18(19-15)20-17(21)10-22-14-7-12(2)6-13(3)8-14/h6-8,11H,4-5,9-10H2,1-3H3,(H,19,20,21)/t11-/m0/s1. The third-order valence-corrected chi connectivity index (χ3v) is 5.03. The maximum atomic E-state index is 12.1. The molecule has 1 aromatic heterocycles. The van der Waals surface area contributed by atoms with Crippen molar-refractivity contribution in [1.82, 2.24) is 4.98 Å². The quantitative estimate of drug-likeness (QED) is 0.925. The summed E-state index contributed by atoms with van der Waals surface area (Å²) in [5, 5.41) is 3.55. The molecule has 1 N–H and O–H groups in total. The summed E-state index contributed by atoms with van der Waals surface area (Å²) in [7, 11) is 0. The minimum Gasteiger partial charge on any atom is -0.484 e. The Morgan fingerprint density at radius 3 is 2.83 bits per heavy atom. The number of anilines is 1. The van der Waals surface area contributed by atoms with Crippen LogP contribution in [0.2, 0.25) is 0 Å². The van der Waals surface area contributed by atoms with Gasteiger partial charge in [-0.05, 0) is 62.3 Å². The molecule has 122 valence electrons. The zero-order valence-corrected chi connectivity index (χ0v) is 14.6. The van der Waals surface area contributed by atoms with E-state index in [4.69, 9.17) is 4.74 Å². The van der Waals surface area contributed by atoms with Crippen molar-refractivity contribution in [3.63, 3.8) is 0 Å². The molecule has 1 amide bonds. The number of aryl methyl sites for hydroxylation is 3. The molecule has 1 aliphatic rings. The van der Waals surface area contributed by atoms with E-state index in [1.54, 1.807) is 11.3 Å². The molecule has 5 heteroatoms. The van der Waals surface area contributed by atoms with E-state index in [1.807, 2.05) is 26.0 Å². The van der Waals surface area contributed by atoms with Crippen LogP contribution in [0.25, 0.3) is 0 Å². The summed E-state index contributed by atoms with van der Waals surface area (Å²) >= 11 is 1.60. The minimum absolute atomic E-state index is 0.00351. The smallest absolute Gasteiger partial charge is 0.264 e. The first-order valence-electron chi connectivity index (χ1n) is 7.99. The van der Waals surface area contributed by atoms with Gasteiger partial charge in [0.1, 0.15) is 5.75 Å². The van der Waals surface area contributed by atoms with Gasteiger partial charge >= 0.3 is 0 Å². The summed E-state index contributed by atoms with van der Waals surface area (Å²) in [6.45, 7) is 6.30. The van der Waals surface area contributed by atoms with Gasteiger partial charge in [-0.15, -0.1) is 11.3 Å². The lowest BCUT2D eigenvalue weighted by atomic mass is 9.93. The SMILES string of the molecule is Cc1cc(C)cc(OCC(=O)Nc2nc3c(s2)C[C@@H](C)CC3)c1. The highest BCUT2D eigenvalue weighted by molar-refractivity contribution is 7.15. The number of rotatable bonds is 4. The van der Waals surface area contributed by atoms with E-state index >= 15 is 0 Å². The lowest BCUT2D eigenvalue weighted by Crippen LogP contribution is -2.20. The van der Waals surface area contributed by atoms with Gasteiger partial charge < -0.3 is 4.74 Å². The van der Waals surface area contributed by atoms with Crippen molar-refractivity contribution in [2.45, 2.75) is 40.0 Å². The second-order valence-electron chi connectivity index (χ2n) is 6.40. The fraction of sp³-hybridized carbons (Fsp3) is 0.444. The van der Waals surface area contributed by atoms with Gasteiger partial charge in [-0.3, -0.25) is 10.1 Å². The molecule has 0 bridgehead atoms. The number of nitrogens with one attached hydrogen (secondary N) is 1. The summed E-state index contributed by atoms with van der Waals surface area (Å²) in [5.41, 5.74) is 3.41. The highest BCUT2D eigenvalue weighted by Crippen LogP contribution is 2.32. The van der Waals surface area contributed by atoms with Gasteiger partial charge in [-0.25, -0.2) is 4.98 Å². The number of aromatic nitrogens is 1. The van der Waals surface area contributed by atoms with Gasteiger partial charge in [0, 0.05) is 4.88 Å². The van der Waals surface area contributed by atoms with Gasteiger partial charge in [0.05, 0.1) is 5.69 Å². The number of amides is 1. The van der Waals surface area contributed by atoms with Crippen LogP contribution in [0.1, 0.15) is 35.0 Å². The highest BCUT2D eigenvalue weighted by Gasteiger charge is 2.20. The number of hydrogen-bond donors (Lipinski definition) is 1. The number of nitrogens with zero attached hydrogens (tertiary/aromatic N) is 1. The first-order chi connectivity index (χ1) is 11.0. The molecule has 3 rings (SSSR count). The van der Waals surface area contributed by atoms with E-state index in [-0.39, 0.29) is 12.5 Å². The second kappa shape index (κ2) is 6.71. The molecule has 0 saturated heterocycles. The van der Waals surface area contributed by atoms with Crippen LogP contribution in [-0.4, -0.2) is 17.5 Å². The van der Waals surface area contributed by atoms with Crippen molar-refractivity contribution >= 4 is 22.4 Å². The monoisotopic (exact) mass is 330 g/mol. The zero-order chi connectivity index (χ0) is 16.4. The summed E-state index contributed by atoms with van der Waals surface area (Å²) in [6, 6.07) is 5.95. The molecule has 0 fully saturated rings. The predicted octanol–water partition coefficient (Wildman–Crippen LogP) is 3.90. The third-order valence-electron chi connectivity index (χ3n) is 4.00. The first kappa shape index (κ1) is 16.0. The van der Waals surface area contributed by atoms with E-state index < -0.39 is 0 Å². The van der Waals surface area contributed by atoms with Crippen molar-refractivity contribution in [2.75, 3.05) is 11.9 Å². The van der Waals surface area contributed by atoms with Crippen molar-refractivity contribution in [3.8, 4) is 5.75 Å². The Morgan fingerprint density at radius 1 is 1.35 bits per heavy atom. The molecule has 0 saturated carbocycles.